The molecule has 4 heteroatoms. The van der Waals surface area contributed by atoms with Crippen molar-refractivity contribution in [3.8, 4) is 5.69 Å². The van der Waals surface area contributed by atoms with Crippen molar-refractivity contribution in [1.29, 1.82) is 0 Å². The van der Waals surface area contributed by atoms with Crippen LogP contribution in [0.5, 0.6) is 0 Å². The van der Waals surface area contributed by atoms with Crippen molar-refractivity contribution in [2.45, 2.75) is 52.9 Å². The molecule has 128 valence electrons. The van der Waals surface area contributed by atoms with Gasteiger partial charge in [0.15, 0.2) is 0 Å². The van der Waals surface area contributed by atoms with E-state index in [9.17, 15) is 4.79 Å². The quantitative estimate of drug-likeness (QED) is 0.850. The summed E-state index contributed by atoms with van der Waals surface area (Å²) in [5.74, 6) is 0.161. The summed E-state index contributed by atoms with van der Waals surface area (Å²) in [6.45, 7) is 7.98. The highest BCUT2D eigenvalue weighted by Crippen LogP contribution is 2.23. The molecule has 0 atom stereocenters. The molecule has 2 heterocycles. The Kier molecular flexibility index (Phi) is 5.03. The molecular weight excluding hydrogens is 298 g/mol. The van der Waals surface area contributed by atoms with Gasteiger partial charge in [-0.1, -0.05) is 31.0 Å². The zero-order chi connectivity index (χ0) is 17.1. The summed E-state index contributed by atoms with van der Waals surface area (Å²) in [6, 6.07) is 8.31. The monoisotopic (exact) mass is 325 g/mol. The van der Waals surface area contributed by atoms with E-state index in [-0.39, 0.29) is 5.91 Å². The van der Waals surface area contributed by atoms with Crippen molar-refractivity contribution in [2.24, 2.45) is 0 Å². The maximum absolute atomic E-state index is 13.1. The molecule has 1 fully saturated rings. The molecule has 1 amide bonds. The van der Waals surface area contributed by atoms with Gasteiger partial charge in [0.2, 0.25) is 0 Å². The molecule has 0 aliphatic carbocycles. The van der Waals surface area contributed by atoms with E-state index in [1.807, 2.05) is 16.5 Å². The summed E-state index contributed by atoms with van der Waals surface area (Å²) in [4.78, 5) is 15.1. The number of hydrogen-bond donors (Lipinski definition) is 0. The van der Waals surface area contributed by atoms with Crippen molar-refractivity contribution >= 4 is 5.91 Å². The SMILES string of the molecule is CCCc1nn(-c2ccc(C)cc2)c(C)c1C(=O)N1CCCCC1. The number of aryl methyl sites for hydroxylation is 2. The largest absolute Gasteiger partial charge is 0.339 e. The molecule has 3 rings (SSSR count). The highest BCUT2D eigenvalue weighted by molar-refractivity contribution is 5.96. The van der Waals surface area contributed by atoms with Gasteiger partial charge in [0.1, 0.15) is 0 Å². The first-order valence-electron chi connectivity index (χ1n) is 9.06. The Bertz CT molecular complexity index is 709. The topological polar surface area (TPSA) is 38.1 Å². The van der Waals surface area contributed by atoms with E-state index >= 15 is 0 Å². The average Bonchev–Trinajstić information content (AvgIpc) is 2.92. The van der Waals surface area contributed by atoms with Crippen LogP contribution in [0.25, 0.3) is 5.69 Å². The fraction of sp³-hybridized carbons (Fsp3) is 0.500. The van der Waals surface area contributed by atoms with Crippen LogP contribution in [0.1, 0.15) is 59.9 Å². The molecule has 0 radical (unpaired) electrons. The molecule has 2 aromatic rings. The van der Waals surface area contributed by atoms with Crippen molar-refractivity contribution < 1.29 is 4.79 Å². The van der Waals surface area contributed by atoms with E-state index in [2.05, 4.69) is 38.1 Å². The van der Waals surface area contributed by atoms with Crippen LogP contribution in [0.4, 0.5) is 0 Å². The Hall–Kier alpha value is -2.10. The van der Waals surface area contributed by atoms with Gasteiger partial charge in [0.05, 0.1) is 22.6 Å². The first-order valence-corrected chi connectivity index (χ1v) is 9.06. The maximum Gasteiger partial charge on any atom is 0.257 e. The van der Waals surface area contributed by atoms with Crippen molar-refractivity contribution in [1.82, 2.24) is 14.7 Å². The summed E-state index contributed by atoms with van der Waals surface area (Å²) >= 11 is 0. The minimum atomic E-state index is 0.161. The van der Waals surface area contributed by atoms with Crippen LogP contribution in [0.15, 0.2) is 24.3 Å². The molecule has 0 spiro atoms. The van der Waals surface area contributed by atoms with Gasteiger partial charge in [-0.2, -0.15) is 5.10 Å². The molecule has 0 bridgehead atoms. The molecule has 0 saturated carbocycles. The molecule has 1 aromatic carbocycles. The molecule has 1 saturated heterocycles. The van der Waals surface area contributed by atoms with Gasteiger partial charge in [-0.3, -0.25) is 4.79 Å². The molecule has 1 aliphatic heterocycles. The standard InChI is InChI=1S/C20H27N3O/c1-4-8-18-19(20(24)22-13-6-5-7-14-22)16(3)23(21-18)17-11-9-15(2)10-12-17/h9-12H,4-8,13-14H2,1-3H3. The summed E-state index contributed by atoms with van der Waals surface area (Å²) in [6.07, 6.45) is 5.28. The van der Waals surface area contributed by atoms with Gasteiger partial charge >= 0.3 is 0 Å². The number of nitrogens with zero attached hydrogens (tertiary/aromatic N) is 3. The minimum absolute atomic E-state index is 0.161. The zero-order valence-electron chi connectivity index (χ0n) is 15.0. The van der Waals surface area contributed by atoms with Crippen LogP contribution >= 0.6 is 0 Å². The first-order chi connectivity index (χ1) is 11.6. The number of benzene rings is 1. The van der Waals surface area contributed by atoms with Crippen LogP contribution in [0.3, 0.4) is 0 Å². The number of aromatic nitrogens is 2. The van der Waals surface area contributed by atoms with Crippen LogP contribution < -0.4 is 0 Å². The predicted molar refractivity (Wildman–Crippen MR) is 96.8 cm³/mol. The lowest BCUT2D eigenvalue weighted by molar-refractivity contribution is 0.0722. The summed E-state index contributed by atoms with van der Waals surface area (Å²) in [5.41, 5.74) is 4.96. The average molecular weight is 325 g/mol. The second-order valence-corrected chi connectivity index (χ2v) is 6.76. The normalized spacial score (nSPS) is 14.9. The van der Waals surface area contributed by atoms with Crippen LogP contribution in [0, 0.1) is 13.8 Å². The molecule has 1 aliphatic rings. The van der Waals surface area contributed by atoms with Crippen LogP contribution in [-0.2, 0) is 6.42 Å². The highest BCUT2D eigenvalue weighted by Gasteiger charge is 2.26. The molecule has 1 aromatic heterocycles. The zero-order valence-corrected chi connectivity index (χ0v) is 15.0. The third-order valence-electron chi connectivity index (χ3n) is 4.81. The number of hydrogen-bond acceptors (Lipinski definition) is 2. The Morgan fingerprint density at radius 2 is 1.75 bits per heavy atom. The smallest absolute Gasteiger partial charge is 0.257 e. The fourth-order valence-electron chi connectivity index (χ4n) is 3.44. The number of carbonyl (C=O) groups is 1. The second-order valence-electron chi connectivity index (χ2n) is 6.76. The van der Waals surface area contributed by atoms with Gasteiger partial charge in [0, 0.05) is 13.1 Å². The molecular formula is C20H27N3O. The van der Waals surface area contributed by atoms with Crippen molar-refractivity contribution in [3.05, 3.63) is 46.8 Å². The van der Waals surface area contributed by atoms with E-state index in [1.165, 1.54) is 12.0 Å². The lowest BCUT2D eigenvalue weighted by Gasteiger charge is -2.27. The predicted octanol–water partition coefficient (Wildman–Crippen LogP) is 4.07. The van der Waals surface area contributed by atoms with E-state index in [1.54, 1.807) is 0 Å². The summed E-state index contributed by atoms with van der Waals surface area (Å²) in [5, 5.41) is 4.78. The lowest BCUT2D eigenvalue weighted by Crippen LogP contribution is -2.36. The molecule has 0 unspecified atom stereocenters. The van der Waals surface area contributed by atoms with Crippen LogP contribution in [0.2, 0.25) is 0 Å². The number of amides is 1. The summed E-state index contributed by atoms with van der Waals surface area (Å²) < 4.78 is 1.93. The number of rotatable bonds is 4. The summed E-state index contributed by atoms with van der Waals surface area (Å²) in [7, 11) is 0. The van der Waals surface area contributed by atoms with E-state index in [4.69, 9.17) is 5.10 Å². The molecule has 0 N–H and O–H groups in total. The molecule has 24 heavy (non-hydrogen) atoms. The van der Waals surface area contributed by atoms with Gasteiger partial charge in [0.25, 0.3) is 5.91 Å². The van der Waals surface area contributed by atoms with Gasteiger partial charge in [-0.15, -0.1) is 0 Å². The Labute approximate surface area is 144 Å². The number of carbonyl (C=O) groups excluding carboxylic acids is 1. The fourth-order valence-corrected chi connectivity index (χ4v) is 3.44. The third kappa shape index (κ3) is 3.23. The Balaban J connectivity index is 2.00. The van der Waals surface area contributed by atoms with Crippen molar-refractivity contribution in [3.63, 3.8) is 0 Å². The van der Waals surface area contributed by atoms with E-state index < -0.39 is 0 Å². The van der Waals surface area contributed by atoms with Gasteiger partial charge < -0.3 is 4.90 Å². The van der Waals surface area contributed by atoms with Crippen molar-refractivity contribution in [2.75, 3.05) is 13.1 Å². The lowest BCUT2D eigenvalue weighted by atomic mass is 10.1. The van der Waals surface area contributed by atoms with Crippen LogP contribution in [-0.4, -0.2) is 33.7 Å². The van der Waals surface area contributed by atoms with E-state index in [0.717, 1.165) is 61.4 Å². The first kappa shape index (κ1) is 16.7. The van der Waals surface area contributed by atoms with E-state index in [0.29, 0.717) is 0 Å². The molecule has 4 nitrogen and oxygen atoms in total. The maximum atomic E-state index is 13.1. The minimum Gasteiger partial charge on any atom is -0.339 e. The number of piperidine rings is 1. The highest BCUT2D eigenvalue weighted by atomic mass is 16.2. The third-order valence-corrected chi connectivity index (χ3v) is 4.81. The second kappa shape index (κ2) is 7.20. The van der Waals surface area contributed by atoms with Gasteiger partial charge in [-0.05, 0) is 51.7 Å². The number of likely N-dealkylation sites (tertiary alicyclic amines) is 1. The Morgan fingerprint density at radius 1 is 1.08 bits per heavy atom. The Morgan fingerprint density at radius 3 is 2.38 bits per heavy atom. The van der Waals surface area contributed by atoms with Gasteiger partial charge in [-0.25, -0.2) is 4.68 Å².